The molecule has 0 atom stereocenters. The molecule has 2 heterocycles. The average Bonchev–Trinajstić information content (AvgIpc) is 3.01. The van der Waals surface area contributed by atoms with Crippen LogP contribution < -0.4 is 9.64 Å². The van der Waals surface area contributed by atoms with Crippen LogP contribution >= 0.6 is 0 Å². The molecule has 0 bridgehead atoms. The molecular weight excluding hydrogens is 256 g/mol. The molecule has 2 aliphatic rings. The molecule has 0 N–H and O–H groups in total. The molecule has 3 rings (SSSR count). The fourth-order valence-electron chi connectivity index (χ4n) is 2.79. The van der Waals surface area contributed by atoms with Crippen LogP contribution in [0, 0.1) is 0 Å². The lowest BCUT2D eigenvalue weighted by Crippen LogP contribution is -2.48. The second-order valence-electron chi connectivity index (χ2n) is 5.13. The molecule has 0 radical (unpaired) electrons. The van der Waals surface area contributed by atoms with E-state index in [1.54, 1.807) is 7.11 Å². The van der Waals surface area contributed by atoms with Crippen molar-refractivity contribution in [2.24, 2.45) is 0 Å². The molecule has 2 fully saturated rings. The first kappa shape index (κ1) is 13.7. The van der Waals surface area contributed by atoms with Gasteiger partial charge in [-0.25, -0.2) is 0 Å². The van der Waals surface area contributed by atoms with Crippen LogP contribution in [0.2, 0.25) is 0 Å². The Bertz CT molecular complexity index is 427. The van der Waals surface area contributed by atoms with Crippen LogP contribution in [0.5, 0.6) is 5.75 Å². The van der Waals surface area contributed by atoms with Gasteiger partial charge in [-0.15, -0.1) is 0 Å². The molecule has 110 valence electrons. The van der Waals surface area contributed by atoms with E-state index >= 15 is 0 Å². The number of hydrogen-bond acceptors (Lipinski definition) is 5. The fourth-order valence-corrected chi connectivity index (χ4v) is 2.79. The highest BCUT2D eigenvalue weighted by molar-refractivity contribution is 5.58. The van der Waals surface area contributed by atoms with Crippen LogP contribution in [-0.2, 0) is 9.47 Å². The highest BCUT2D eigenvalue weighted by Gasteiger charge is 2.24. The van der Waals surface area contributed by atoms with Crippen molar-refractivity contribution in [2.45, 2.75) is 6.29 Å². The van der Waals surface area contributed by atoms with E-state index < -0.39 is 0 Å². The predicted molar refractivity (Wildman–Crippen MR) is 77.3 cm³/mol. The number of para-hydroxylation sites is 2. The minimum absolute atomic E-state index is 0.0344. The zero-order valence-corrected chi connectivity index (χ0v) is 12.0. The molecule has 0 aromatic heterocycles. The van der Waals surface area contributed by atoms with Crippen molar-refractivity contribution in [1.29, 1.82) is 0 Å². The Morgan fingerprint density at radius 1 is 1.10 bits per heavy atom. The third kappa shape index (κ3) is 3.06. The van der Waals surface area contributed by atoms with Crippen LogP contribution in [0.1, 0.15) is 0 Å². The summed E-state index contributed by atoms with van der Waals surface area (Å²) in [6.07, 6.45) is -0.0344. The van der Waals surface area contributed by atoms with E-state index in [4.69, 9.17) is 14.2 Å². The summed E-state index contributed by atoms with van der Waals surface area (Å²) in [5.41, 5.74) is 1.18. The number of ether oxygens (including phenoxy) is 3. The zero-order chi connectivity index (χ0) is 13.8. The molecule has 2 aliphatic heterocycles. The van der Waals surface area contributed by atoms with E-state index in [0.717, 1.165) is 51.7 Å². The summed E-state index contributed by atoms with van der Waals surface area (Å²) in [4.78, 5) is 4.79. The van der Waals surface area contributed by atoms with Gasteiger partial charge in [0.05, 0.1) is 26.0 Å². The molecule has 1 aromatic rings. The second kappa shape index (κ2) is 6.43. The third-order valence-electron chi connectivity index (χ3n) is 3.90. The Labute approximate surface area is 120 Å². The van der Waals surface area contributed by atoms with E-state index in [1.807, 2.05) is 12.1 Å². The van der Waals surface area contributed by atoms with Gasteiger partial charge >= 0.3 is 0 Å². The Hall–Kier alpha value is -1.30. The number of anilines is 1. The third-order valence-corrected chi connectivity index (χ3v) is 3.90. The second-order valence-corrected chi connectivity index (χ2v) is 5.13. The lowest BCUT2D eigenvalue weighted by atomic mass is 10.2. The van der Waals surface area contributed by atoms with Crippen LogP contribution in [0.3, 0.4) is 0 Å². The quantitative estimate of drug-likeness (QED) is 0.826. The summed E-state index contributed by atoms with van der Waals surface area (Å²) in [5.74, 6) is 0.948. The average molecular weight is 278 g/mol. The fraction of sp³-hybridized carbons (Fsp3) is 0.600. The van der Waals surface area contributed by atoms with Crippen molar-refractivity contribution in [2.75, 3.05) is 57.9 Å². The monoisotopic (exact) mass is 278 g/mol. The Balaban J connectivity index is 1.55. The summed E-state index contributed by atoms with van der Waals surface area (Å²) >= 11 is 0. The normalized spacial score (nSPS) is 21.4. The van der Waals surface area contributed by atoms with Gasteiger partial charge in [0, 0.05) is 32.7 Å². The summed E-state index contributed by atoms with van der Waals surface area (Å²) in [6, 6.07) is 8.21. The van der Waals surface area contributed by atoms with Gasteiger partial charge in [0.2, 0.25) is 0 Å². The van der Waals surface area contributed by atoms with Crippen LogP contribution in [0.15, 0.2) is 24.3 Å². The van der Waals surface area contributed by atoms with Crippen LogP contribution in [0.4, 0.5) is 5.69 Å². The van der Waals surface area contributed by atoms with Crippen molar-refractivity contribution in [3.63, 3.8) is 0 Å². The minimum Gasteiger partial charge on any atom is -0.495 e. The summed E-state index contributed by atoms with van der Waals surface area (Å²) in [5, 5.41) is 0. The number of benzene rings is 1. The first-order valence-corrected chi connectivity index (χ1v) is 7.20. The van der Waals surface area contributed by atoms with Gasteiger partial charge in [0.25, 0.3) is 0 Å². The Kier molecular flexibility index (Phi) is 4.40. The first-order valence-electron chi connectivity index (χ1n) is 7.20. The molecule has 1 aromatic carbocycles. The molecule has 2 saturated heterocycles. The number of methoxy groups -OCH3 is 1. The SMILES string of the molecule is COc1ccccc1N1CCN(CC2OCCO2)CC1. The number of hydrogen-bond donors (Lipinski definition) is 0. The minimum atomic E-state index is -0.0344. The van der Waals surface area contributed by atoms with E-state index in [9.17, 15) is 0 Å². The maximum absolute atomic E-state index is 5.51. The first-order chi connectivity index (χ1) is 9.86. The lowest BCUT2D eigenvalue weighted by molar-refractivity contribution is -0.0624. The predicted octanol–water partition coefficient (Wildman–Crippen LogP) is 1.19. The van der Waals surface area contributed by atoms with E-state index in [-0.39, 0.29) is 6.29 Å². The molecule has 20 heavy (non-hydrogen) atoms. The van der Waals surface area contributed by atoms with Gasteiger partial charge in [-0.2, -0.15) is 0 Å². The Morgan fingerprint density at radius 2 is 1.80 bits per heavy atom. The largest absolute Gasteiger partial charge is 0.495 e. The maximum Gasteiger partial charge on any atom is 0.170 e. The van der Waals surface area contributed by atoms with Gasteiger partial charge < -0.3 is 19.1 Å². The standard InChI is InChI=1S/C15H22N2O3/c1-18-14-5-3-2-4-13(14)17-8-6-16(7-9-17)12-15-19-10-11-20-15/h2-5,15H,6-12H2,1H3. The smallest absolute Gasteiger partial charge is 0.170 e. The zero-order valence-electron chi connectivity index (χ0n) is 12.0. The lowest BCUT2D eigenvalue weighted by Gasteiger charge is -2.37. The van der Waals surface area contributed by atoms with Gasteiger partial charge in [0.15, 0.2) is 6.29 Å². The molecule has 0 amide bonds. The molecule has 0 saturated carbocycles. The maximum atomic E-state index is 5.51. The summed E-state index contributed by atoms with van der Waals surface area (Å²) in [6.45, 7) is 6.40. The number of nitrogens with zero attached hydrogens (tertiary/aromatic N) is 2. The van der Waals surface area contributed by atoms with Crippen molar-refractivity contribution in [3.8, 4) is 5.75 Å². The number of rotatable bonds is 4. The topological polar surface area (TPSA) is 34.2 Å². The Morgan fingerprint density at radius 3 is 2.50 bits per heavy atom. The molecular formula is C15H22N2O3. The van der Waals surface area contributed by atoms with Gasteiger partial charge in [-0.1, -0.05) is 12.1 Å². The molecule has 0 aliphatic carbocycles. The molecule has 0 unspecified atom stereocenters. The number of piperazine rings is 1. The van der Waals surface area contributed by atoms with E-state index in [0.29, 0.717) is 0 Å². The summed E-state index contributed by atoms with van der Waals surface area (Å²) in [7, 11) is 1.73. The molecule has 5 nitrogen and oxygen atoms in total. The van der Waals surface area contributed by atoms with Crippen molar-refractivity contribution >= 4 is 5.69 Å². The van der Waals surface area contributed by atoms with Crippen LogP contribution in [-0.4, -0.2) is 64.2 Å². The van der Waals surface area contributed by atoms with Gasteiger partial charge in [0.1, 0.15) is 5.75 Å². The van der Waals surface area contributed by atoms with Gasteiger partial charge in [-0.3, -0.25) is 4.90 Å². The highest BCUT2D eigenvalue weighted by atomic mass is 16.7. The van der Waals surface area contributed by atoms with Crippen molar-refractivity contribution in [3.05, 3.63) is 24.3 Å². The van der Waals surface area contributed by atoms with Gasteiger partial charge in [-0.05, 0) is 12.1 Å². The molecule has 5 heteroatoms. The van der Waals surface area contributed by atoms with E-state index in [1.165, 1.54) is 5.69 Å². The highest BCUT2D eigenvalue weighted by Crippen LogP contribution is 2.28. The molecule has 0 spiro atoms. The van der Waals surface area contributed by atoms with Crippen molar-refractivity contribution in [1.82, 2.24) is 4.90 Å². The van der Waals surface area contributed by atoms with Crippen molar-refractivity contribution < 1.29 is 14.2 Å². The van der Waals surface area contributed by atoms with Crippen LogP contribution in [0.25, 0.3) is 0 Å². The van der Waals surface area contributed by atoms with E-state index in [2.05, 4.69) is 21.9 Å². The summed E-state index contributed by atoms with van der Waals surface area (Å²) < 4.78 is 16.5.